The first-order valence-corrected chi connectivity index (χ1v) is 8.55. The Morgan fingerprint density at radius 1 is 1.36 bits per heavy atom. The van der Waals surface area contributed by atoms with Gasteiger partial charge in [0.05, 0.1) is 11.8 Å². The molecule has 1 aliphatic heterocycles. The number of fused-ring (bicyclic) bond motifs is 2. The highest BCUT2D eigenvalue weighted by atomic mass is 16.5. The van der Waals surface area contributed by atoms with Crippen molar-refractivity contribution in [3.8, 4) is 0 Å². The summed E-state index contributed by atoms with van der Waals surface area (Å²) in [5.74, 6) is 1.50. The van der Waals surface area contributed by atoms with E-state index in [4.69, 9.17) is 4.74 Å². The van der Waals surface area contributed by atoms with Gasteiger partial charge in [0.25, 0.3) is 0 Å². The van der Waals surface area contributed by atoms with Crippen LogP contribution in [0.2, 0.25) is 0 Å². The third kappa shape index (κ3) is 2.14. The van der Waals surface area contributed by atoms with Crippen molar-refractivity contribution in [3.63, 3.8) is 0 Å². The second-order valence-corrected chi connectivity index (χ2v) is 7.29. The maximum atomic E-state index is 6.05. The zero-order valence-corrected chi connectivity index (χ0v) is 13.6. The van der Waals surface area contributed by atoms with Crippen molar-refractivity contribution in [1.82, 2.24) is 15.3 Å². The molecule has 2 aliphatic carbocycles. The molecule has 0 unspecified atom stereocenters. The Morgan fingerprint density at radius 2 is 2.18 bits per heavy atom. The maximum absolute atomic E-state index is 6.05. The predicted molar refractivity (Wildman–Crippen MR) is 85.7 cm³/mol. The van der Waals surface area contributed by atoms with Gasteiger partial charge in [-0.2, -0.15) is 0 Å². The molecule has 1 spiro atoms. The third-order valence-corrected chi connectivity index (χ3v) is 5.89. The zero-order chi connectivity index (χ0) is 15.2. The van der Waals surface area contributed by atoms with E-state index in [1.165, 1.54) is 32.1 Å². The molecule has 1 N–H and O–H groups in total. The molecular weight excluding hydrogens is 276 g/mol. The maximum Gasteiger partial charge on any atom is 0.225 e. The van der Waals surface area contributed by atoms with Gasteiger partial charge in [-0.05, 0) is 25.3 Å². The molecule has 3 fully saturated rings. The van der Waals surface area contributed by atoms with Gasteiger partial charge in [0.1, 0.15) is 0 Å². The van der Waals surface area contributed by atoms with Crippen LogP contribution in [-0.4, -0.2) is 42.8 Å². The molecule has 3 aliphatic rings. The fraction of sp³-hybridized carbons (Fsp3) is 0.765. The van der Waals surface area contributed by atoms with Gasteiger partial charge in [0.15, 0.2) is 0 Å². The first kappa shape index (κ1) is 14.4. The Hall–Kier alpha value is -1.20. The molecule has 5 heteroatoms. The van der Waals surface area contributed by atoms with Crippen LogP contribution in [0.3, 0.4) is 0 Å². The third-order valence-electron chi connectivity index (χ3n) is 5.89. The second kappa shape index (κ2) is 5.46. The fourth-order valence-electron chi connectivity index (χ4n) is 4.92. The van der Waals surface area contributed by atoms with E-state index in [2.05, 4.69) is 15.3 Å². The molecule has 5 nitrogen and oxygen atoms in total. The minimum Gasteiger partial charge on any atom is -0.377 e. The summed E-state index contributed by atoms with van der Waals surface area (Å²) in [5.41, 5.74) is 1.49. The summed E-state index contributed by atoms with van der Waals surface area (Å²) in [4.78, 5) is 10.9. The van der Waals surface area contributed by atoms with E-state index in [0.717, 1.165) is 24.8 Å². The van der Waals surface area contributed by atoms with E-state index >= 15 is 0 Å². The molecule has 0 bridgehead atoms. The van der Waals surface area contributed by atoms with Crippen LogP contribution in [0.5, 0.6) is 0 Å². The molecule has 4 rings (SSSR count). The van der Waals surface area contributed by atoms with Gasteiger partial charge in [-0.1, -0.05) is 12.8 Å². The Labute approximate surface area is 132 Å². The van der Waals surface area contributed by atoms with Gasteiger partial charge in [-0.15, -0.1) is 0 Å². The summed E-state index contributed by atoms with van der Waals surface area (Å²) in [7, 11) is 3.96. The summed E-state index contributed by atoms with van der Waals surface area (Å²) in [6.07, 6.45) is 8.99. The molecule has 2 heterocycles. The fourth-order valence-corrected chi connectivity index (χ4v) is 4.92. The van der Waals surface area contributed by atoms with Crippen LogP contribution in [0.25, 0.3) is 0 Å². The summed E-state index contributed by atoms with van der Waals surface area (Å²) >= 11 is 0. The summed E-state index contributed by atoms with van der Waals surface area (Å²) < 4.78 is 6.05. The van der Waals surface area contributed by atoms with Crippen molar-refractivity contribution >= 4 is 5.95 Å². The molecule has 1 saturated heterocycles. The van der Waals surface area contributed by atoms with Crippen LogP contribution in [-0.2, 0) is 11.3 Å². The van der Waals surface area contributed by atoms with Gasteiger partial charge in [0.2, 0.25) is 5.95 Å². The van der Waals surface area contributed by atoms with Crippen molar-refractivity contribution in [3.05, 3.63) is 18.0 Å². The van der Waals surface area contributed by atoms with E-state index in [1.807, 2.05) is 31.3 Å². The predicted octanol–water partition coefficient (Wildman–Crippen LogP) is 1.98. The Bertz CT molecular complexity index is 541. The minimum atomic E-state index is 0.415. The monoisotopic (exact) mass is 302 g/mol. The molecule has 1 aromatic heterocycles. The first-order chi connectivity index (χ1) is 10.7. The van der Waals surface area contributed by atoms with Crippen LogP contribution >= 0.6 is 0 Å². The molecule has 1 aromatic rings. The lowest BCUT2D eigenvalue weighted by Gasteiger charge is -2.57. The average Bonchev–Trinajstić information content (AvgIpc) is 3.15. The highest BCUT2D eigenvalue weighted by Crippen LogP contribution is 2.60. The molecule has 3 atom stereocenters. The topological polar surface area (TPSA) is 50.3 Å². The van der Waals surface area contributed by atoms with Crippen molar-refractivity contribution in [2.75, 3.05) is 25.6 Å². The van der Waals surface area contributed by atoms with E-state index in [0.29, 0.717) is 23.5 Å². The lowest BCUT2D eigenvalue weighted by Crippen LogP contribution is -2.67. The van der Waals surface area contributed by atoms with Crippen molar-refractivity contribution in [1.29, 1.82) is 0 Å². The number of rotatable bonds is 4. The van der Waals surface area contributed by atoms with Crippen LogP contribution < -0.4 is 10.2 Å². The molecule has 22 heavy (non-hydrogen) atoms. The molecule has 0 radical (unpaired) electrons. The molecular formula is C17H26N4O. The van der Waals surface area contributed by atoms with Crippen LogP contribution in [0.1, 0.15) is 37.8 Å². The number of nitrogens with one attached hydrogen (secondary N) is 1. The Kier molecular flexibility index (Phi) is 3.57. The van der Waals surface area contributed by atoms with E-state index in [9.17, 15) is 0 Å². The second-order valence-electron chi connectivity index (χ2n) is 7.29. The SMILES string of the molecule is CN(C)c1nccc(CN[C@@H]2[C@@H]3CCO[C@H]3C23CCCC3)n1. The highest BCUT2D eigenvalue weighted by molar-refractivity contribution is 5.27. The van der Waals surface area contributed by atoms with E-state index in [1.54, 1.807) is 0 Å². The molecule has 0 amide bonds. The summed E-state index contributed by atoms with van der Waals surface area (Å²) in [6.45, 7) is 1.78. The lowest BCUT2D eigenvalue weighted by molar-refractivity contribution is -0.131. The van der Waals surface area contributed by atoms with Crippen LogP contribution in [0.15, 0.2) is 12.3 Å². The van der Waals surface area contributed by atoms with Crippen molar-refractivity contribution < 1.29 is 4.74 Å². The van der Waals surface area contributed by atoms with Gasteiger partial charge in [0, 0.05) is 50.8 Å². The largest absolute Gasteiger partial charge is 0.377 e. The number of nitrogens with zero attached hydrogens (tertiary/aromatic N) is 3. The van der Waals surface area contributed by atoms with E-state index < -0.39 is 0 Å². The lowest BCUT2D eigenvalue weighted by atomic mass is 9.54. The average molecular weight is 302 g/mol. The van der Waals surface area contributed by atoms with Gasteiger partial charge >= 0.3 is 0 Å². The van der Waals surface area contributed by atoms with Gasteiger partial charge in [-0.25, -0.2) is 9.97 Å². The minimum absolute atomic E-state index is 0.415. The van der Waals surface area contributed by atoms with E-state index in [-0.39, 0.29) is 0 Å². The van der Waals surface area contributed by atoms with Crippen molar-refractivity contribution in [2.24, 2.45) is 11.3 Å². The number of hydrogen-bond donors (Lipinski definition) is 1. The van der Waals surface area contributed by atoms with Crippen molar-refractivity contribution in [2.45, 2.75) is 50.8 Å². The number of ether oxygens (including phenoxy) is 1. The normalized spacial score (nSPS) is 32.0. The number of aromatic nitrogens is 2. The highest BCUT2D eigenvalue weighted by Gasteiger charge is 2.64. The Morgan fingerprint density at radius 3 is 2.95 bits per heavy atom. The molecule has 2 saturated carbocycles. The van der Waals surface area contributed by atoms with Gasteiger partial charge < -0.3 is 15.0 Å². The molecule has 120 valence electrons. The quantitative estimate of drug-likeness (QED) is 0.921. The summed E-state index contributed by atoms with van der Waals surface area (Å²) in [6, 6.07) is 2.63. The smallest absolute Gasteiger partial charge is 0.225 e. The standard InChI is InChI=1S/C17H26N4O/c1-21(2)16-18-9-5-12(20-16)11-19-14-13-6-10-22-15(13)17(14)7-3-4-8-17/h5,9,13-15,19H,3-4,6-8,10-11H2,1-2H3/t13-,14+,15+/m0/s1. The van der Waals surface area contributed by atoms with Crippen LogP contribution in [0, 0.1) is 11.3 Å². The number of anilines is 1. The number of hydrogen-bond acceptors (Lipinski definition) is 5. The van der Waals surface area contributed by atoms with Crippen LogP contribution in [0.4, 0.5) is 5.95 Å². The first-order valence-electron chi connectivity index (χ1n) is 8.55. The van der Waals surface area contributed by atoms with Gasteiger partial charge in [-0.3, -0.25) is 0 Å². The Balaban J connectivity index is 1.46. The summed E-state index contributed by atoms with van der Waals surface area (Å²) in [5, 5.41) is 3.82. The zero-order valence-electron chi connectivity index (χ0n) is 13.6. The molecule has 0 aromatic carbocycles.